The van der Waals surface area contributed by atoms with Gasteiger partial charge < -0.3 is 5.32 Å². The number of benzene rings is 2. The maximum atomic E-state index is 10.6. The zero-order chi connectivity index (χ0) is 13.5. The van der Waals surface area contributed by atoms with E-state index in [1.807, 2.05) is 30.3 Å². The van der Waals surface area contributed by atoms with Gasteiger partial charge in [0.1, 0.15) is 6.29 Å². The maximum absolute atomic E-state index is 10.6. The van der Waals surface area contributed by atoms with Crippen LogP contribution in [0.1, 0.15) is 28.4 Å². The van der Waals surface area contributed by atoms with E-state index in [1.54, 1.807) is 0 Å². The molecule has 0 radical (unpaired) electrons. The summed E-state index contributed by atoms with van der Waals surface area (Å²) in [5.41, 5.74) is 3.28. The Labute approximate surface area is 114 Å². The fourth-order valence-corrected chi connectivity index (χ4v) is 2.05. The van der Waals surface area contributed by atoms with Gasteiger partial charge in [0, 0.05) is 18.2 Å². The highest BCUT2D eigenvalue weighted by molar-refractivity contribution is 5.74. The van der Waals surface area contributed by atoms with E-state index >= 15 is 0 Å². The number of rotatable bonds is 6. The topological polar surface area (TPSA) is 29.1 Å². The normalized spacial score (nSPS) is 12.1. The van der Waals surface area contributed by atoms with Crippen molar-refractivity contribution in [1.82, 2.24) is 5.32 Å². The Kier molecular flexibility index (Phi) is 4.87. The molecule has 2 nitrogen and oxygen atoms in total. The second-order valence-corrected chi connectivity index (χ2v) is 4.83. The third kappa shape index (κ3) is 4.34. The molecule has 0 aromatic heterocycles. The number of carbonyl (C=O) groups is 1. The summed E-state index contributed by atoms with van der Waals surface area (Å²) in [7, 11) is 0. The molecule has 1 N–H and O–H groups in total. The summed E-state index contributed by atoms with van der Waals surface area (Å²) >= 11 is 0. The van der Waals surface area contributed by atoms with E-state index < -0.39 is 0 Å². The Morgan fingerprint density at radius 3 is 2.32 bits per heavy atom. The molecule has 0 fully saturated rings. The number of aldehydes is 1. The predicted octanol–water partition coefficient (Wildman–Crippen LogP) is 3.22. The summed E-state index contributed by atoms with van der Waals surface area (Å²) in [5, 5.41) is 3.51. The number of hydrogen-bond acceptors (Lipinski definition) is 2. The molecule has 0 aliphatic carbocycles. The monoisotopic (exact) mass is 253 g/mol. The first-order valence-corrected chi connectivity index (χ1v) is 6.59. The Morgan fingerprint density at radius 2 is 1.68 bits per heavy atom. The second kappa shape index (κ2) is 6.86. The molecule has 0 spiro atoms. The Bertz CT molecular complexity index is 505. The molecule has 0 aliphatic rings. The summed E-state index contributed by atoms with van der Waals surface area (Å²) in [4.78, 5) is 10.6. The first-order chi connectivity index (χ1) is 9.28. The van der Waals surface area contributed by atoms with Crippen LogP contribution in [-0.4, -0.2) is 12.3 Å². The average Bonchev–Trinajstić information content (AvgIpc) is 2.47. The molecule has 0 saturated heterocycles. The van der Waals surface area contributed by atoms with Gasteiger partial charge in [-0.2, -0.15) is 0 Å². The van der Waals surface area contributed by atoms with Crippen molar-refractivity contribution in [1.29, 1.82) is 0 Å². The van der Waals surface area contributed by atoms with E-state index in [4.69, 9.17) is 0 Å². The highest BCUT2D eigenvalue weighted by atomic mass is 16.1. The third-order valence-electron chi connectivity index (χ3n) is 3.16. The molecular weight excluding hydrogens is 234 g/mol. The number of nitrogens with one attached hydrogen (secondary N) is 1. The molecule has 1 atom stereocenters. The first kappa shape index (κ1) is 13.5. The van der Waals surface area contributed by atoms with E-state index in [-0.39, 0.29) is 0 Å². The van der Waals surface area contributed by atoms with Gasteiger partial charge in [-0.15, -0.1) is 0 Å². The molecule has 2 rings (SSSR count). The Balaban J connectivity index is 1.83. The minimum atomic E-state index is 0.405. The summed E-state index contributed by atoms with van der Waals surface area (Å²) in [6.45, 7) is 3.06. The lowest BCUT2D eigenvalue weighted by atomic mass is 10.1. The van der Waals surface area contributed by atoms with Gasteiger partial charge in [-0.25, -0.2) is 0 Å². The van der Waals surface area contributed by atoms with Crippen molar-refractivity contribution in [3.05, 3.63) is 71.3 Å². The molecule has 2 aromatic carbocycles. The van der Waals surface area contributed by atoms with Crippen LogP contribution in [0.3, 0.4) is 0 Å². The molecule has 0 unspecified atom stereocenters. The highest BCUT2D eigenvalue weighted by Gasteiger charge is 2.03. The highest BCUT2D eigenvalue weighted by Crippen LogP contribution is 2.06. The summed E-state index contributed by atoms with van der Waals surface area (Å²) in [6, 6.07) is 18.6. The van der Waals surface area contributed by atoms with Crippen LogP contribution in [0.5, 0.6) is 0 Å². The Hall–Kier alpha value is -1.93. The van der Waals surface area contributed by atoms with Crippen LogP contribution in [0.25, 0.3) is 0 Å². The van der Waals surface area contributed by atoms with E-state index in [0.717, 1.165) is 24.8 Å². The van der Waals surface area contributed by atoms with E-state index in [1.165, 1.54) is 11.1 Å². The minimum absolute atomic E-state index is 0.405. The molecule has 0 aliphatic heterocycles. The van der Waals surface area contributed by atoms with Crippen molar-refractivity contribution in [2.75, 3.05) is 0 Å². The lowest BCUT2D eigenvalue weighted by molar-refractivity contribution is 0.112. The van der Waals surface area contributed by atoms with E-state index in [0.29, 0.717) is 6.04 Å². The second-order valence-electron chi connectivity index (χ2n) is 4.83. The lowest BCUT2D eigenvalue weighted by Gasteiger charge is -2.14. The molecular formula is C17H19NO. The maximum Gasteiger partial charge on any atom is 0.150 e. The van der Waals surface area contributed by atoms with Crippen molar-refractivity contribution < 1.29 is 4.79 Å². The van der Waals surface area contributed by atoms with Gasteiger partial charge in [-0.3, -0.25) is 4.79 Å². The van der Waals surface area contributed by atoms with Gasteiger partial charge in [0.05, 0.1) is 0 Å². The van der Waals surface area contributed by atoms with Gasteiger partial charge in [0.2, 0.25) is 0 Å². The van der Waals surface area contributed by atoms with Crippen LogP contribution in [-0.2, 0) is 13.0 Å². The number of hydrogen-bond donors (Lipinski definition) is 1. The SMILES string of the molecule is C[C@H](Cc1ccc(C=O)cc1)NCc1ccccc1. The van der Waals surface area contributed by atoms with E-state index in [2.05, 4.69) is 36.5 Å². The number of carbonyl (C=O) groups excluding carboxylic acids is 1. The first-order valence-electron chi connectivity index (χ1n) is 6.59. The molecule has 2 heteroatoms. The van der Waals surface area contributed by atoms with Crippen LogP contribution in [0.2, 0.25) is 0 Å². The van der Waals surface area contributed by atoms with Crippen LogP contribution >= 0.6 is 0 Å². The van der Waals surface area contributed by atoms with Crippen molar-refractivity contribution in [3.8, 4) is 0 Å². The lowest BCUT2D eigenvalue weighted by Crippen LogP contribution is -2.27. The van der Waals surface area contributed by atoms with Crippen LogP contribution in [0.4, 0.5) is 0 Å². The summed E-state index contributed by atoms with van der Waals surface area (Å²) < 4.78 is 0. The smallest absolute Gasteiger partial charge is 0.150 e. The van der Waals surface area contributed by atoms with Crippen molar-refractivity contribution in [3.63, 3.8) is 0 Å². The largest absolute Gasteiger partial charge is 0.310 e. The molecule has 2 aromatic rings. The standard InChI is InChI=1S/C17H19NO/c1-14(18-12-16-5-3-2-4-6-16)11-15-7-9-17(13-19)10-8-15/h2-10,13-14,18H,11-12H2,1H3/t14-/m1/s1. The van der Waals surface area contributed by atoms with Crippen molar-refractivity contribution in [2.24, 2.45) is 0 Å². The molecule has 0 heterocycles. The van der Waals surface area contributed by atoms with Crippen LogP contribution in [0.15, 0.2) is 54.6 Å². The summed E-state index contributed by atoms with van der Waals surface area (Å²) in [6.07, 6.45) is 1.84. The molecule has 98 valence electrons. The van der Waals surface area contributed by atoms with Crippen molar-refractivity contribution in [2.45, 2.75) is 25.9 Å². The zero-order valence-corrected chi connectivity index (χ0v) is 11.2. The fourth-order valence-electron chi connectivity index (χ4n) is 2.05. The van der Waals surface area contributed by atoms with Gasteiger partial charge in [-0.05, 0) is 24.5 Å². The quantitative estimate of drug-likeness (QED) is 0.801. The Morgan fingerprint density at radius 1 is 1.00 bits per heavy atom. The zero-order valence-electron chi connectivity index (χ0n) is 11.2. The van der Waals surface area contributed by atoms with Crippen molar-refractivity contribution >= 4 is 6.29 Å². The minimum Gasteiger partial charge on any atom is -0.310 e. The fraction of sp³-hybridized carbons (Fsp3) is 0.235. The average molecular weight is 253 g/mol. The van der Waals surface area contributed by atoms with Gasteiger partial charge in [0.25, 0.3) is 0 Å². The van der Waals surface area contributed by atoms with Crippen LogP contribution in [0, 0.1) is 0 Å². The van der Waals surface area contributed by atoms with Gasteiger partial charge in [0.15, 0.2) is 0 Å². The van der Waals surface area contributed by atoms with E-state index in [9.17, 15) is 4.79 Å². The molecule has 19 heavy (non-hydrogen) atoms. The molecule has 0 saturated carbocycles. The van der Waals surface area contributed by atoms with Gasteiger partial charge in [-0.1, -0.05) is 54.6 Å². The van der Waals surface area contributed by atoms with Crippen LogP contribution < -0.4 is 5.32 Å². The van der Waals surface area contributed by atoms with Gasteiger partial charge >= 0.3 is 0 Å². The predicted molar refractivity (Wildman–Crippen MR) is 78.3 cm³/mol. The molecule has 0 amide bonds. The molecule has 0 bridgehead atoms. The third-order valence-corrected chi connectivity index (χ3v) is 3.16. The summed E-state index contributed by atoms with van der Waals surface area (Å²) in [5.74, 6) is 0.